The summed E-state index contributed by atoms with van der Waals surface area (Å²) in [5.41, 5.74) is 0.973. The van der Waals surface area contributed by atoms with Crippen LogP contribution in [-0.2, 0) is 9.59 Å². The van der Waals surface area contributed by atoms with Gasteiger partial charge in [0.05, 0.1) is 12.6 Å². The Morgan fingerprint density at radius 3 is 2.46 bits per heavy atom. The average Bonchev–Trinajstić information content (AvgIpc) is 2.97. The first-order valence-corrected chi connectivity index (χ1v) is 8.59. The molecule has 0 aromatic heterocycles. The third-order valence-electron chi connectivity index (χ3n) is 5.19. The lowest BCUT2D eigenvalue weighted by Crippen LogP contribution is -2.50. The van der Waals surface area contributed by atoms with Gasteiger partial charge >= 0.3 is 5.97 Å². The molecule has 1 N–H and O–H groups in total. The maximum absolute atomic E-state index is 12.8. The smallest absolute Gasteiger partial charge is 0.317 e. The molecule has 0 saturated carbocycles. The molecule has 3 rings (SSSR count). The molecule has 0 aliphatic carbocycles. The van der Waals surface area contributed by atoms with Crippen molar-refractivity contribution in [2.45, 2.75) is 31.3 Å². The molecule has 2 heterocycles. The van der Waals surface area contributed by atoms with Crippen LogP contribution >= 0.6 is 0 Å². The zero-order valence-electron chi connectivity index (χ0n) is 14.1. The molecule has 1 atom stereocenters. The summed E-state index contributed by atoms with van der Waals surface area (Å²) in [6, 6.07) is 10.1. The van der Waals surface area contributed by atoms with Gasteiger partial charge in [-0.15, -0.1) is 0 Å². The summed E-state index contributed by atoms with van der Waals surface area (Å²) in [5.74, 6) is -0.594. The van der Waals surface area contributed by atoms with Gasteiger partial charge in [0.1, 0.15) is 0 Å². The van der Waals surface area contributed by atoms with Crippen molar-refractivity contribution in [3.05, 3.63) is 30.3 Å². The average molecular weight is 331 g/mol. The summed E-state index contributed by atoms with van der Waals surface area (Å²) < 4.78 is 0. The van der Waals surface area contributed by atoms with Crippen LogP contribution < -0.4 is 4.90 Å². The number of carboxylic acid groups (broad SMARTS) is 1. The fourth-order valence-electron chi connectivity index (χ4n) is 3.85. The molecule has 6 heteroatoms. The van der Waals surface area contributed by atoms with Crippen molar-refractivity contribution in [3.63, 3.8) is 0 Å². The number of carbonyl (C=O) groups is 2. The number of likely N-dealkylation sites (N-methyl/N-ethyl adjacent to an activating group) is 1. The van der Waals surface area contributed by atoms with E-state index in [1.807, 2.05) is 47.2 Å². The SMILES string of the molecule is CN(CC(=O)O)C1CCN(C2CCN(c3ccccc3)C2=O)CC1. The van der Waals surface area contributed by atoms with E-state index in [9.17, 15) is 9.59 Å². The van der Waals surface area contributed by atoms with Crippen LogP contribution in [0.2, 0.25) is 0 Å². The maximum Gasteiger partial charge on any atom is 0.317 e. The summed E-state index contributed by atoms with van der Waals surface area (Å²) in [6.45, 7) is 2.56. The number of carboxylic acids is 1. The molecule has 2 aliphatic heterocycles. The zero-order chi connectivity index (χ0) is 17.1. The summed E-state index contributed by atoms with van der Waals surface area (Å²) >= 11 is 0. The van der Waals surface area contributed by atoms with E-state index in [-0.39, 0.29) is 18.5 Å². The van der Waals surface area contributed by atoms with Crippen LogP contribution in [0.5, 0.6) is 0 Å². The molecule has 1 amide bonds. The molecule has 6 nitrogen and oxygen atoms in total. The van der Waals surface area contributed by atoms with Crippen LogP contribution in [0.25, 0.3) is 0 Å². The molecule has 1 aromatic carbocycles. The van der Waals surface area contributed by atoms with Crippen LogP contribution in [-0.4, -0.2) is 72.1 Å². The van der Waals surface area contributed by atoms with Crippen LogP contribution in [0, 0.1) is 0 Å². The second-order valence-electron chi connectivity index (χ2n) is 6.71. The van der Waals surface area contributed by atoms with E-state index in [0.29, 0.717) is 6.04 Å². The van der Waals surface area contributed by atoms with E-state index >= 15 is 0 Å². The quantitative estimate of drug-likeness (QED) is 0.880. The number of nitrogens with zero attached hydrogens (tertiary/aromatic N) is 3. The Morgan fingerprint density at radius 1 is 1.17 bits per heavy atom. The first kappa shape index (κ1) is 16.9. The van der Waals surface area contributed by atoms with E-state index in [2.05, 4.69) is 4.90 Å². The first-order valence-electron chi connectivity index (χ1n) is 8.59. The predicted molar refractivity (Wildman–Crippen MR) is 92.1 cm³/mol. The number of hydrogen-bond donors (Lipinski definition) is 1. The van der Waals surface area contributed by atoms with Crippen LogP contribution in [0.15, 0.2) is 30.3 Å². The fourth-order valence-corrected chi connectivity index (χ4v) is 3.85. The number of para-hydroxylation sites is 1. The monoisotopic (exact) mass is 331 g/mol. The van der Waals surface area contributed by atoms with Gasteiger partial charge in [-0.25, -0.2) is 0 Å². The van der Waals surface area contributed by atoms with E-state index in [1.165, 1.54) is 0 Å². The molecule has 2 saturated heterocycles. The molecular weight excluding hydrogens is 306 g/mol. The lowest BCUT2D eigenvalue weighted by Gasteiger charge is -2.38. The Morgan fingerprint density at radius 2 is 1.83 bits per heavy atom. The highest BCUT2D eigenvalue weighted by Gasteiger charge is 2.38. The van der Waals surface area contributed by atoms with Crippen molar-refractivity contribution in [2.75, 3.05) is 38.1 Å². The molecule has 0 bridgehead atoms. The van der Waals surface area contributed by atoms with Crippen LogP contribution in [0.4, 0.5) is 5.69 Å². The zero-order valence-corrected chi connectivity index (χ0v) is 14.1. The highest BCUT2D eigenvalue weighted by atomic mass is 16.4. The number of amides is 1. The minimum absolute atomic E-state index is 0.0315. The largest absolute Gasteiger partial charge is 0.480 e. The van der Waals surface area contributed by atoms with Gasteiger partial charge in [-0.1, -0.05) is 18.2 Å². The Kier molecular flexibility index (Phi) is 5.16. The van der Waals surface area contributed by atoms with Crippen molar-refractivity contribution < 1.29 is 14.7 Å². The third kappa shape index (κ3) is 3.60. The van der Waals surface area contributed by atoms with Crippen molar-refractivity contribution in [1.82, 2.24) is 9.80 Å². The minimum Gasteiger partial charge on any atom is -0.480 e. The molecule has 130 valence electrons. The minimum atomic E-state index is -0.788. The van der Waals surface area contributed by atoms with Crippen molar-refractivity contribution in [1.29, 1.82) is 0 Å². The number of benzene rings is 1. The number of carbonyl (C=O) groups excluding carboxylic acids is 1. The summed E-state index contributed by atoms with van der Waals surface area (Å²) in [7, 11) is 1.87. The highest BCUT2D eigenvalue weighted by Crippen LogP contribution is 2.26. The van der Waals surface area contributed by atoms with Gasteiger partial charge in [0.15, 0.2) is 0 Å². The van der Waals surface area contributed by atoms with Gasteiger partial charge in [-0.05, 0) is 38.4 Å². The molecule has 2 fully saturated rings. The van der Waals surface area contributed by atoms with Gasteiger partial charge in [-0.3, -0.25) is 19.4 Å². The standard InChI is InChI=1S/C18H25N3O3/c1-19(13-17(22)23)14-7-10-20(11-8-14)16-9-12-21(18(16)24)15-5-3-2-4-6-15/h2-6,14,16H,7-13H2,1H3,(H,22,23). The van der Waals surface area contributed by atoms with E-state index in [1.54, 1.807) is 0 Å². The van der Waals surface area contributed by atoms with Crippen LogP contribution in [0.1, 0.15) is 19.3 Å². The number of piperidine rings is 1. The Labute approximate surface area is 142 Å². The van der Waals surface area contributed by atoms with Gasteiger partial charge in [0.2, 0.25) is 5.91 Å². The molecule has 24 heavy (non-hydrogen) atoms. The Hall–Kier alpha value is -1.92. The number of anilines is 1. The van der Waals surface area contributed by atoms with Gasteiger partial charge in [-0.2, -0.15) is 0 Å². The predicted octanol–water partition coefficient (Wildman–Crippen LogP) is 1.27. The summed E-state index contributed by atoms with van der Waals surface area (Å²) in [6.07, 6.45) is 2.70. The molecular formula is C18H25N3O3. The van der Waals surface area contributed by atoms with E-state index < -0.39 is 5.97 Å². The molecule has 2 aliphatic rings. The highest BCUT2D eigenvalue weighted by molar-refractivity contribution is 5.99. The maximum atomic E-state index is 12.8. The Balaban J connectivity index is 1.56. The lowest BCUT2D eigenvalue weighted by molar-refractivity contribution is -0.138. The third-order valence-corrected chi connectivity index (χ3v) is 5.19. The van der Waals surface area contributed by atoms with E-state index in [4.69, 9.17) is 5.11 Å². The van der Waals surface area contributed by atoms with Crippen LogP contribution in [0.3, 0.4) is 0 Å². The summed E-state index contributed by atoms with van der Waals surface area (Å²) in [5, 5.41) is 8.91. The molecule has 1 aromatic rings. The normalized spacial score (nSPS) is 23.2. The molecule has 1 unspecified atom stereocenters. The van der Waals surface area contributed by atoms with Gasteiger partial charge in [0.25, 0.3) is 0 Å². The molecule has 0 radical (unpaired) electrons. The first-order chi connectivity index (χ1) is 11.6. The molecule has 0 spiro atoms. The van der Waals surface area contributed by atoms with Crippen molar-refractivity contribution in [3.8, 4) is 0 Å². The second kappa shape index (κ2) is 7.32. The second-order valence-corrected chi connectivity index (χ2v) is 6.71. The number of likely N-dealkylation sites (tertiary alicyclic amines) is 1. The van der Waals surface area contributed by atoms with Crippen molar-refractivity contribution >= 4 is 17.6 Å². The number of rotatable bonds is 5. The Bertz CT molecular complexity index is 584. The fraction of sp³-hybridized carbons (Fsp3) is 0.556. The number of hydrogen-bond acceptors (Lipinski definition) is 4. The van der Waals surface area contributed by atoms with Gasteiger partial charge < -0.3 is 10.0 Å². The lowest BCUT2D eigenvalue weighted by atomic mass is 10.0. The van der Waals surface area contributed by atoms with Crippen molar-refractivity contribution in [2.24, 2.45) is 0 Å². The van der Waals surface area contributed by atoms with Gasteiger partial charge in [0, 0.05) is 31.4 Å². The summed E-state index contributed by atoms with van der Waals surface area (Å²) in [4.78, 5) is 29.7. The topological polar surface area (TPSA) is 64.1 Å². The number of aliphatic carboxylic acids is 1. The van der Waals surface area contributed by atoms with E-state index in [0.717, 1.165) is 44.6 Å².